The van der Waals surface area contributed by atoms with Gasteiger partial charge in [-0.3, -0.25) is 19.2 Å². The van der Waals surface area contributed by atoms with Crippen molar-refractivity contribution in [3.63, 3.8) is 0 Å². The molecule has 0 bridgehead atoms. The number of ether oxygens (including phenoxy) is 12. The molecule has 0 aromatic heterocycles. The van der Waals surface area contributed by atoms with Gasteiger partial charge < -0.3 is 108 Å². The summed E-state index contributed by atoms with van der Waals surface area (Å²) in [7, 11) is 0. The van der Waals surface area contributed by atoms with Gasteiger partial charge in [0.05, 0.1) is 38.1 Å². The van der Waals surface area contributed by atoms with Crippen LogP contribution in [0.2, 0.25) is 0 Å². The standard InChI is InChI=1S/C60H92O27/c1-25(62)76-23-33-43(79-26(2)63)46(80-27(3)64)47(81-28(4)65)54(82-33)84-42-32(67)22-78-52(41(42)72)87-49-48(73)55(5,6)20-30-29-12-13-35-57(8)16-15-36(58(9,24-61)34(57)14-17-60(35,11)59(29,10)19-18-56(30,49)7)83-53-45(39(70)38(69)44(85-53)50(74)75)86-51-40(71)37(68)31(66)21-77-51/h12,30-49,51-54,61,66-73H,13-24H2,1-11H3,(H,74,75)/t30-,31-,32-,33+,34+,35+,36-,37-,38-,39-,40+,41+,42-,43+,44-,45+,46-,47+,48?,49?,51-,52-,53+,54-,56+,57-,58+,59+,60+/m0/s1. The smallest absolute Gasteiger partial charge is 0.335 e. The summed E-state index contributed by atoms with van der Waals surface area (Å²) < 4.78 is 71.1. The zero-order valence-corrected chi connectivity index (χ0v) is 51.3. The van der Waals surface area contributed by atoms with Gasteiger partial charge in [-0.1, -0.05) is 60.1 Å². The quantitative estimate of drug-likeness (QED) is 0.0448. The summed E-state index contributed by atoms with van der Waals surface area (Å²) in [5.41, 5.74) is -2.40. The number of aliphatic hydroxyl groups is 9. The number of hydrogen-bond acceptors (Lipinski definition) is 26. The molecule has 0 aromatic rings. The predicted molar refractivity (Wildman–Crippen MR) is 292 cm³/mol. The Hall–Kier alpha value is -3.59. The van der Waals surface area contributed by atoms with E-state index in [0.717, 1.165) is 34.1 Å². The van der Waals surface area contributed by atoms with E-state index in [1.807, 2.05) is 20.8 Å². The van der Waals surface area contributed by atoms with E-state index in [1.54, 1.807) is 0 Å². The monoisotopic (exact) mass is 1240 g/mol. The van der Waals surface area contributed by atoms with Gasteiger partial charge in [0, 0.05) is 38.5 Å². The number of carbonyl (C=O) groups is 5. The number of allylic oxidation sites excluding steroid dienone is 2. The minimum atomic E-state index is -2.00. The molecular formula is C60H92O27. The van der Waals surface area contributed by atoms with E-state index in [2.05, 4.69) is 33.8 Å². The molecule has 0 spiro atoms. The van der Waals surface area contributed by atoms with Crippen molar-refractivity contribution in [3.05, 3.63) is 11.6 Å². The number of hydrogen-bond donors (Lipinski definition) is 10. The molecule has 4 heterocycles. The summed E-state index contributed by atoms with van der Waals surface area (Å²) in [5, 5.41) is 111. The van der Waals surface area contributed by atoms with Crippen LogP contribution in [-0.2, 0) is 80.8 Å². The molecule has 8 fully saturated rings. The lowest BCUT2D eigenvalue weighted by molar-refractivity contribution is -0.367. The molecule has 27 nitrogen and oxygen atoms in total. The van der Waals surface area contributed by atoms with Gasteiger partial charge in [-0.15, -0.1) is 0 Å². The van der Waals surface area contributed by atoms with Crippen molar-refractivity contribution in [2.45, 2.75) is 256 Å². The topological polar surface area (TPSA) is 398 Å². The van der Waals surface area contributed by atoms with Gasteiger partial charge in [-0.25, -0.2) is 4.79 Å². The third kappa shape index (κ3) is 12.0. The molecule has 0 radical (unpaired) electrons. The van der Waals surface area contributed by atoms with Crippen LogP contribution in [0.1, 0.15) is 128 Å². The Morgan fingerprint density at radius 2 is 1.17 bits per heavy atom. The third-order valence-electron chi connectivity index (χ3n) is 22.2. The molecule has 4 saturated heterocycles. The van der Waals surface area contributed by atoms with E-state index >= 15 is 0 Å². The number of rotatable bonds is 15. The van der Waals surface area contributed by atoms with Crippen LogP contribution in [0, 0.1) is 50.2 Å². The molecule has 87 heavy (non-hydrogen) atoms. The lowest BCUT2D eigenvalue weighted by Crippen LogP contribution is -2.69. The van der Waals surface area contributed by atoms with Crippen molar-refractivity contribution < 1.29 is 132 Å². The van der Waals surface area contributed by atoms with E-state index in [0.29, 0.717) is 44.9 Å². The zero-order chi connectivity index (χ0) is 64.0. The van der Waals surface area contributed by atoms with E-state index < -0.39 is 206 Å². The lowest BCUT2D eigenvalue weighted by atomic mass is 9.33. The number of carboxylic acid groups (broad SMARTS) is 1. The highest BCUT2D eigenvalue weighted by Crippen LogP contribution is 2.76. The fourth-order valence-corrected chi connectivity index (χ4v) is 17.3. The fourth-order valence-electron chi connectivity index (χ4n) is 17.3. The second-order valence-electron chi connectivity index (χ2n) is 27.9. The Labute approximate surface area is 505 Å². The molecule has 0 amide bonds. The molecule has 9 aliphatic rings. The molecule has 5 aliphatic carbocycles. The maximum Gasteiger partial charge on any atom is 0.335 e. The molecule has 0 aromatic carbocycles. The number of aliphatic hydroxyl groups excluding tert-OH is 9. The summed E-state index contributed by atoms with van der Waals surface area (Å²) in [4.78, 5) is 61.9. The highest BCUT2D eigenvalue weighted by Gasteiger charge is 2.71. The Morgan fingerprint density at radius 1 is 0.575 bits per heavy atom. The molecular weight excluding hydrogens is 1150 g/mol. The number of aliphatic carboxylic acids is 1. The summed E-state index contributed by atoms with van der Waals surface area (Å²) in [6, 6.07) is 0. The van der Waals surface area contributed by atoms with Gasteiger partial charge in [0.15, 0.2) is 49.6 Å². The molecule has 494 valence electrons. The number of carbonyl (C=O) groups excluding carboxylic acids is 4. The molecule has 4 saturated carbocycles. The highest BCUT2D eigenvalue weighted by molar-refractivity contribution is 5.73. The van der Waals surface area contributed by atoms with Crippen LogP contribution in [0.25, 0.3) is 0 Å². The largest absolute Gasteiger partial charge is 0.479 e. The lowest BCUT2D eigenvalue weighted by Gasteiger charge is -2.72. The van der Waals surface area contributed by atoms with Gasteiger partial charge >= 0.3 is 29.8 Å². The minimum Gasteiger partial charge on any atom is -0.479 e. The SMILES string of the molecule is CC(=O)OC[C@H]1O[C@@H](O[C@@H]2[C@@H](O)[C@H](OC3C(O)C(C)(C)C[C@H]4C5=CC[C@@H]6[C@@]7(C)CC[C@H](O[C@@H]8O[C@H](C(=O)O)[C@@H](O)[C@H](O)[C@H]8O[C@@H]8OC[C@H](O)[C@H](O)[C@H]8O)[C@](C)(CO)[C@@H]7CC[C@@]6(C)[C@]5(C)CC[C@@]34C)OC[C@@H]2O)[C@H](OC(C)=O)[C@@H](OC(C)=O)[C@@H]1OC(C)=O. The summed E-state index contributed by atoms with van der Waals surface area (Å²) >= 11 is 0. The third-order valence-corrected chi connectivity index (χ3v) is 22.2. The average Bonchev–Trinajstić information content (AvgIpc) is 0.680. The molecule has 27 heteroatoms. The maximum atomic E-state index is 12.6. The van der Waals surface area contributed by atoms with Gasteiger partial charge in [-0.05, 0) is 90.8 Å². The first-order valence-corrected chi connectivity index (χ1v) is 30.4. The maximum absolute atomic E-state index is 12.6. The van der Waals surface area contributed by atoms with E-state index in [9.17, 15) is 75.0 Å². The van der Waals surface area contributed by atoms with Crippen molar-refractivity contribution in [1.82, 2.24) is 0 Å². The minimum absolute atomic E-state index is 0.0709. The summed E-state index contributed by atoms with van der Waals surface area (Å²) in [6.45, 7) is 17.5. The van der Waals surface area contributed by atoms with Gasteiger partial charge in [-0.2, -0.15) is 0 Å². The van der Waals surface area contributed by atoms with E-state index in [1.165, 1.54) is 5.57 Å². The van der Waals surface area contributed by atoms with Crippen LogP contribution in [0.3, 0.4) is 0 Å². The number of esters is 4. The van der Waals surface area contributed by atoms with Crippen molar-refractivity contribution in [2.75, 3.05) is 26.4 Å². The van der Waals surface area contributed by atoms with Crippen molar-refractivity contribution in [2.24, 2.45) is 50.2 Å². The molecule has 9 rings (SSSR count). The highest BCUT2D eigenvalue weighted by atomic mass is 16.8. The Morgan fingerprint density at radius 3 is 1.79 bits per heavy atom. The first-order valence-electron chi connectivity index (χ1n) is 30.4. The van der Waals surface area contributed by atoms with Crippen molar-refractivity contribution in [3.8, 4) is 0 Å². The molecule has 4 aliphatic heterocycles. The van der Waals surface area contributed by atoms with Crippen molar-refractivity contribution in [1.29, 1.82) is 0 Å². The normalized spacial score (nSPS) is 49.4. The fraction of sp³-hybridized carbons (Fsp3) is 0.883. The van der Waals surface area contributed by atoms with Crippen molar-refractivity contribution >= 4 is 29.8 Å². The van der Waals surface area contributed by atoms with E-state index in [4.69, 9.17) is 56.8 Å². The number of fused-ring (bicyclic) bond motifs is 7. The average molecular weight is 1250 g/mol. The van der Waals surface area contributed by atoms with Gasteiger partial charge in [0.25, 0.3) is 0 Å². The first kappa shape index (κ1) is 67.8. The number of carboxylic acids is 1. The Balaban J connectivity index is 0.959. The molecule has 2 unspecified atom stereocenters. The van der Waals surface area contributed by atoms with Crippen LogP contribution in [-0.4, -0.2) is 236 Å². The van der Waals surface area contributed by atoms with Crippen LogP contribution in [0.15, 0.2) is 11.6 Å². The first-order chi connectivity index (χ1) is 40.6. The van der Waals surface area contributed by atoms with E-state index in [-0.39, 0.29) is 29.8 Å². The van der Waals surface area contributed by atoms with Crippen LogP contribution < -0.4 is 0 Å². The predicted octanol–water partition coefficient (Wildman–Crippen LogP) is 0.0334. The van der Waals surface area contributed by atoms with Crippen LogP contribution >= 0.6 is 0 Å². The van der Waals surface area contributed by atoms with Gasteiger partial charge in [0.2, 0.25) is 0 Å². The van der Waals surface area contributed by atoms with Crippen LogP contribution in [0.5, 0.6) is 0 Å². The second kappa shape index (κ2) is 25.1. The molecule has 29 atom stereocenters. The van der Waals surface area contributed by atoms with Gasteiger partial charge in [0.1, 0.15) is 67.6 Å². The molecule has 10 N–H and O–H groups in total. The second-order valence-corrected chi connectivity index (χ2v) is 27.9. The summed E-state index contributed by atoms with van der Waals surface area (Å²) in [5.74, 6) is -5.18. The Kier molecular flexibility index (Phi) is 19.6. The summed E-state index contributed by atoms with van der Waals surface area (Å²) in [6.07, 6.45) is -25.9. The Bertz CT molecular complexity index is 2570. The van der Waals surface area contributed by atoms with Crippen LogP contribution in [0.4, 0.5) is 0 Å². The zero-order valence-electron chi connectivity index (χ0n) is 51.3.